The number of hydrogen-bond acceptors (Lipinski definition) is 2. The van der Waals surface area contributed by atoms with Crippen LogP contribution in [0.15, 0.2) is 84.9 Å². The highest BCUT2D eigenvalue weighted by molar-refractivity contribution is 5.50. The molecule has 0 heterocycles. The van der Waals surface area contributed by atoms with Gasteiger partial charge >= 0.3 is 0 Å². The fourth-order valence-electron chi connectivity index (χ4n) is 7.12. The molecule has 0 spiro atoms. The molecule has 1 fully saturated rings. The monoisotopic (exact) mass is 530 g/mol. The number of rotatable bonds is 9. The third-order valence-electron chi connectivity index (χ3n) is 9.31. The van der Waals surface area contributed by atoms with Gasteiger partial charge in [-0.15, -0.1) is 0 Å². The van der Waals surface area contributed by atoms with Gasteiger partial charge in [0.25, 0.3) is 0 Å². The zero-order chi connectivity index (χ0) is 28.1. The number of benzene rings is 4. The van der Waals surface area contributed by atoms with Gasteiger partial charge in [-0.1, -0.05) is 86.8 Å². The highest BCUT2D eigenvalue weighted by atomic mass is 14.5. The number of aryl methyl sites for hydroxylation is 2. The molecule has 4 aromatic carbocycles. The van der Waals surface area contributed by atoms with Gasteiger partial charge in [0.2, 0.25) is 0 Å². The molecule has 1 aliphatic rings. The molecule has 1 saturated carbocycles. The topological polar surface area (TPSA) is 52.0 Å². The molecule has 5 rings (SSSR count). The first-order chi connectivity index (χ1) is 19.4. The number of nitrogen functional groups attached to an aromatic ring is 2. The second-order valence-corrected chi connectivity index (χ2v) is 12.3. The molecule has 40 heavy (non-hydrogen) atoms. The van der Waals surface area contributed by atoms with Crippen molar-refractivity contribution in [2.45, 2.75) is 84.0 Å². The first kappa shape index (κ1) is 28.0. The Labute approximate surface area is 241 Å². The van der Waals surface area contributed by atoms with Gasteiger partial charge in [0.15, 0.2) is 0 Å². The van der Waals surface area contributed by atoms with Gasteiger partial charge in [-0.2, -0.15) is 0 Å². The molecule has 4 N–H and O–H groups in total. The molecule has 2 heteroatoms. The summed E-state index contributed by atoms with van der Waals surface area (Å²) >= 11 is 0. The predicted molar refractivity (Wildman–Crippen MR) is 172 cm³/mol. The van der Waals surface area contributed by atoms with E-state index in [4.69, 9.17) is 11.5 Å². The molecule has 0 aromatic heterocycles. The van der Waals surface area contributed by atoms with Crippen molar-refractivity contribution >= 4 is 11.4 Å². The van der Waals surface area contributed by atoms with E-state index in [0.29, 0.717) is 0 Å². The van der Waals surface area contributed by atoms with Gasteiger partial charge < -0.3 is 11.5 Å². The van der Waals surface area contributed by atoms with E-state index in [0.717, 1.165) is 30.1 Å². The summed E-state index contributed by atoms with van der Waals surface area (Å²) in [7, 11) is 0. The zero-order valence-corrected chi connectivity index (χ0v) is 24.7. The molecule has 2 nitrogen and oxygen atoms in total. The van der Waals surface area contributed by atoms with E-state index in [2.05, 4.69) is 81.4 Å². The second-order valence-electron chi connectivity index (χ2n) is 12.3. The van der Waals surface area contributed by atoms with Crippen molar-refractivity contribution in [2.24, 2.45) is 5.92 Å². The average molecular weight is 531 g/mol. The third kappa shape index (κ3) is 6.28. The van der Waals surface area contributed by atoms with E-state index in [1.807, 2.05) is 24.3 Å². The van der Waals surface area contributed by atoms with Crippen molar-refractivity contribution in [1.29, 1.82) is 0 Å². The minimum absolute atomic E-state index is 0.0797. The molecule has 208 valence electrons. The summed E-state index contributed by atoms with van der Waals surface area (Å²) in [5.74, 6) is 0.864. The first-order valence-corrected chi connectivity index (χ1v) is 15.2. The summed E-state index contributed by atoms with van der Waals surface area (Å²) in [4.78, 5) is 0. The Morgan fingerprint density at radius 1 is 0.625 bits per heavy atom. The molecule has 0 unspecified atom stereocenters. The van der Waals surface area contributed by atoms with Crippen LogP contribution in [0.25, 0.3) is 0 Å². The van der Waals surface area contributed by atoms with Crippen LogP contribution in [0.5, 0.6) is 0 Å². The molecule has 1 aliphatic carbocycles. The Morgan fingerprint density at radius 2 is 1.05 bits per heavy atom. The minimum atomic E-state index is 0.0797. The summed E-state index contributed by atoms with van der Waals surface area (Å²) in [5, 5.41) is 0. The Bertz CT molecular complexity index is 1310. The van der Waals surface area contributed by atoms with Gasteiger partial charge in [0.1, 0.15) is 0 Å². The van der Waals surface area contributed by atoms with E-state index in [-0.39, 0.29) is 5.41 Å². The van der Waals surface area contributed by atoms with Crippen LogP contribution in [0.3, 0.4) is 0 Å². The van der Waals surface area contributed by atoms with E-state index >= 15 is 0 Å². The van der Waals surface area contributed by atoms with E-state index in [1.165, 1.54) is 89.5 Å². The molecule has 0 amide bonds. The van der Waals surface area contributed by atoms with Crippen molar-refractivity contribution in [3.05, 3.63) is 129 Å². The Kier molecular flexibility index (Phi) is 8.64. The fraction of sp³-hybridized carbons (Fsp3) is 0.368. The molecule has 0 radical (unpaired) electrons. The van der Waals surface area contributed by atoms with Gasteiger partial charge in [-0.05, 0) is 127 Å². The molecule has 0 atom stereocenters. The Balaban J connectivity index is 1.46. The smallest absolute Gasteiger partial charge is 0.0314 e. The van der Waals surface area contributed by atoms with Gasteiger partial charge in [0.05, 0.1) is 0 Å². The standard InChI is InChI=1S/C38H46N2/c1-4-5-6-29-19-21-38(22-20-29,36-17-11-32(23-27(36)2)25-30-7-13-34(39)14-8-30)37-18-12-33(24-28(37)3)26-31-9-15-35(40)16-10-31/h7-18,23-24,29H,4-6,19-22,25-26,39-40H2,1-3H3. The second kappa shape index (κ2) is 12.3. The Hall–Kier alpha value is -3.52. The zero-order valence-electron chi connectivity index (χ0n) is 24.7. The molecule has 0 aliphatic heterocycles. The summed E-state index contributed by atoms with van der Waals surface area (Å²) < 4.78 is 0. The fourth-order valence-corrected chi connectivity index (χ4v) is 7.12. The summed E-state index contributed by atoms with van der Waals surface area (Å²) in [6, 6.07) is 31.1. The number of anilines is 2. The third-order valence-corrected chi connectivity index (χ3v) is 9.31. The van der Waals surface area contributed by atoms with Crippen molar-refractivity contribution in [2.75, 3.05) is 11.5 Å². The number of nitrogens with two attached hydrogens (primary N) is 2. The minimum Gasteiger partial charge on any atom is -0.399 e. The van der Waals surface area contributed by atoms with E-state index in [1.54, 1.807) is 0 Å². The van der Waals surface area contributed by atoms with Crippen LogP contribution in [-0.4, -0.2) is 0 Å². The maximum absolute atomic E-state index is 5.91. The SMILES string of the molecule is CCCCC1CCC(c2ccc(Cc3ccc(N)cc3)cc2C)(c2ccc(Cc3ccc(N)cc3)cc2C)CC1. The lowest BCUT2D eigenvalue weighted by Gasteiger charge is -2.43. The summed E-state index contributed by atoms with van der Waals surface area (Å²) in [6.07, 6.45) is 11.0. The van der Waals surface area contributed by atoms with Crippen LogP contribution in [0.2, 0.25) is 0 Å². The maximum atomic E-state index is 5.91. The van der Waals surface area contributed by atoms with Crippen molar-refractivity contribution < 1.29 is 0 Å². The van der Waals surface area contributed by atoms with Crippen LogP contribution in [0.1, 0.15) is 96.4 Å². The van der Waals surface area contributed by atoms with Gasteiger partial charge in [0, 0.05) is 16.8 Å². The van der Waals surface area contributed by atoms with Crippen LogP contribution in [0, 0.1) is 19.8 Å². The molecule has 0 bridgehead atoms. The van der Waals surface area contributed by atoms with E-state index < -0.39 is 0 Å². The van der Waals surface area contributed by atoms with E-state index in [9.17, 15) is 0 Å². The van der Waals surface area contributed by atoms with Crippen LogP contribution >= 0.6 is 0 Å². The van der Waals surface area contributed by atoms with Crippen LogP contribution < -0.4 is 11.5 Å². The number of hydrogen-bond donors (Lipinski definition) is 2. The Morgan fingerprint density at radius 3 is 1.45 bits per heavy atom. The quantitative estimate of drug-likeness (QED) is 0.212. The number of unbranched alkanes of at least 4 members (excludes halogenated alkanes) is 1. The molecule has 4 aromatic rings. The van der Waals surface area contributed by atoms with Crippen LogP contribution in [-0.2, 0) is 18.3 Å². The summed E-state index contributed by atoms with van der Waals surface area (Å²) in [5.41, 5.74) is 24.8. The first-order valence-electron chi connectivity index (χ1n) is 15.2. The normalized spacial score (nSPS) is 15.3. The van der Waals surface area contributed by atoms with Gasteiger partial charge in [-0.25, -0.2) is 0 Å². The average Bonchev–Trinajstić information content (AvgIpc) is 2.95. The summed E-state index contributed by atoms with van der Waals surface area (Å²) in [6.45, 7) is 6.98. The predicted octanol–water partition coefficient (Wildman–Crippen LogP) is 9.32. The maximum Gasteiger partial charge on any atom is 0.0314 e. The molecule has 0 saturated heterocycles. The lowest BCUT2D eigenvalue weighted by atomic mass is 9.60. The van der Waals surface area contributed by atoms with Crippen molar-refractivity contribution in [3.63, 3.8) is 0 Å². The highest BCUT2D eigenvalue weighted by Gasteiger charge is 2.40. The van der Waals surface area contributed by atoms with Crippen LogP contribution in [0.4, 0.5) is 11.4 Å². The highest BCUT2D eigenvalue weighted by Crippen LogP contribution is 2.49. The lowest BCUT2D eigenvalue weighted by molar-refractivity contribution is 0.250. The largest absolute Gasteiger partial charge is 0.399 e. The lowest BCUT2D eigenvalue weighted by Crippen LogP contribution is -2.34. The van der Waals surface area contributed by atoms with Gasteiger partial charge in [-0.3, -0.25) is 0 Å². The van der Waals surface area contributed by atoms with Crippen molar-refractivity contribution in [1.82, 2.24) is 0 Å². The molecular weight excluding hydrogens is 484 g/mol. The molecular formula is C38H46N2. The van der Waals surface area contributed by atoms with Crippen molar-refractivity contribution in [3.8, 4) is 0 Å².